The highest BCUT2D eigenvalue weighted by Crippen LogP contribution is 2.21. The second-order valence-corrected chi connectivity index (χ2v) is 4.68. The van der Waals surface area contributed by atoms with Crippen LogP contribution in [0.15, 0.2) is 24.3 Å². The van der Waals surface area contributed by atoms with E-state index in [1.165, 1.54) is 12.0 Å². The van der Waals surface area contributed by atoms with E-state index in [0.29, 0.717) is 6.04 Å². The van der Waals surface area contributed by atoms with Gasteiger partial charge in [0.15, 0.2) is 0 Å². The molecule has 0 unspecified atom stereocenters. The van der Waals surface area contributed by atoms with E-state index in [1.54, 1.807) is 0 Å². The SMILES string of the molecule is CCOc1ccccc1CN1CCC[C@H](N)C1. The smallest absolute Gasteiger partial charge is 0.123 e. The number of hydrogen-bond donors (Lipinski definition) is 1. The molecule has 17 heavy (non-hydrogen) atoms. The zero-order chi connectivity index (χ0) is 12.1. The normalized spacial score (nSPS) is 21.4. The lowest BCUT2D eigenvalue weighted by Crippen LogP contribution is -2.42. The fourth-order valence-corrected chi connectivity index (χ4v) is 2.41. The fourth-order valence-electron chi connectivity index (χ4n) is 2.41. The van der Waals surface area contributed by atoms with E-state index in [9.17, 15) is 0 Å². The Morgan fingerprint density at radius 1 is 1.41 bits per heavy atom. The van der Waals surface area contributed by atoms with Crippen molar-refractivity contribution in [1.82, 2.24) is 4.90 Å². The molecule has 1 saturated heterocycles. The third-order valence-corrected chi connectivity index (χ3v) is 3.21. The molecule has 3 heteroatoms. The Hall–Kier alpha value is -1.06. The molecule has 2 rings (SSSR count). The minimum absolute atomic E-state index is 0.336. The predicted molar refractivity (Wildman–Crippen MR) is 70.1 cm³/mol. The molecule has 1 aliphatic heterocycles. The zero-order valence-corrected chi connectivity index (χ0v) is 10.6. The average Bonchev–Trinajstić information content (AvgIpc) is 2.32. The Kier molecular flexibility index (Phi) is 4.40. The number of rotatable bonds is 4. The van der Waals surface area contributed by atoms with Gasteiger partial charge in [-0.25, -0.2) is 0 Å². The monoisotopic (exact) mass is 234 g/mol. The molecule has 94 valence electrons. The Morgan fingerprint density at radius 3 is 3.00 bits per heavy atom. The molecule has 0 bridgehead atoms. The first-order valence-electron chi connectivity index (χ1n) is 6.48. The predicted octanol–water partition coefficient (Wildman–Crippen LogP) is 2.01. The van der Waals surface area contributed by atoms with Crippen molar-refractivity contribution in [3.05, 3.63) is 29.8 Å². The van der Waals surface area contributed by atoms with Crippen LogP contribution in [0.2, 0.25) is 0 Å². The Balaban J connectivity index is 2.01. The molecular weight excluding hydrogens is 212 g/mol. The Morgan fingerprint density at radius 2 is 2.24 bits per heavy atom. The molecule has 0 radical (unpaired) electrons. The van der Waals surface area contributed by atoms with Crippen LogP contribution in [-0.2, 0) is 6.54 Å². The topological polar surface area (TPSA) is 38.5 Å². The standard InChI is InChI=1S/C14H22N2O/c1-2-17-14-8-4-3-6-12(14)10-16-9-5-7-13(15)11-16/h3-4,6,8,13H,2,5,7,9-11,15H2,1H3/t13-/m0/s1. The first-order valence-corrected chi connectivity index (χ1v) is 6.48. The van der Waals surface area contributed by atoms with Crippen molar-refractivity contribution in [3.63, 3.8) is 0 Å². The number of benzene rings is 1. The van der Waals surface area contributed by atoms with Crippen LogP contribution in [0.25, 0.3) is 0 Å². The summed E-state index contributed by atoms with van der Waals surface area (Å²) in [7, 11) is 0. The molecule has 1 aromatic carbocycles. The number of hydrogen-bond acceptors (Lipinski definition) is 3. The van der Waals surface area contributed by atoms with Gasteiger partial charge in [0.25, 0.3) is 0 Å². The molecule has 0 amide bonds. The molecular formula is C14H22N2O. The van der Waals surface area contributed by atoms with Crippen molar-refractivity contribution in [2.45, 2.75) is 32.4 Å². The highest BCUT2D eigenvalue weighted by atomic mass is 16.5. The molecule has 2 N–H and O–H groups in total. The second-order valence-electron chi connectivity index (χ2n) is 4.68. The molecule has 3 nitrogen and oxygen atoms in total. The highest BCUT2D eigenvalue weighted by molar-refractivity contribution is 5.33. The highest BCUT2D eigenvalue weighted by Gasteiger charge is 2.17. The van der Waals surface area contributed by atoms with Crippen molar-refractivity contribution in [3.8, 4) is 5.75 Å². The number of likely N-dealkylation sites (tertiary alicyclic amines) is 1. The van der Waals surface area contributed by atoms with Crippen LogP contribution in [0.3, 0.4) is 0 Å². The van der Waals surface area contributed by atoms with Gasteiger partial charge in [0, 0.05) is 24.7 Å². The van der Waals surface area contributed by atoms with Crippen molar-refractivity contribution in [2.24, 2.45) is 5.73 Å². The van der Waals surface area contributed by atoms with Gasteiger partial charge in [0.1, 0.15) is 5.75 Å². The fraction of sp³-hybridized carbons (Fsp3) is 0.571. The van der Waals surface area contributed by atoms with Gasteiger partial charge in [0.2, 0.25) is 0 Å². The van der Waals surface area contributed by atoms with E-state index in [0.717, 1.165) is 38.4 Å². The van der Waals surface area contributed by atoms with Gasteiger partial charge in [-0.2, -0.15) is 0 Å². The third-order valence-electron chi connectivity index (χ3n) is 3.21. The maximum atomic E-state index is 6.00. The second kappa shape index (κ2) is 6.03. The average molecular weight is 234 g/mol. The van der Waals surface area contributed by atoms with E-state index in [1.807, 2.05) is 19.1 Å². The van der Waals surface area contributed by atoms with Crippen LogP contribution in [0.4, 0.5) is 0 Å². The van der Waals surface area contributed by atoms with E-state index >= 15 is 0 Å². The van der Waals surface area contributed by atoms with E-state index in [2.05, 4.69) is 17.0 Å². The first-order chi connectivity index (χ1) is 8.29. The lowest BCUT2D eigenvalue weighted by molar-refractivity contribution is 0.198. The van der Waals surface area contributed by atoms with Crippen molar-refractivity contribution in [2.75, 3.05) is 19.7 Å². The van der Waals surface area contributed by atoms with Crippen LogP contribution in [0, 0.1) is 0 Å². The summed E-state index contributed by atoms with van der Waals surface area (Å²) in [5.41, 5.74) is 7.27. The summed E-state index contributed by atoms with van der Waals surface area (Å²) in [4.78, 5) is 2.42. The number of nitrogens with two attached hydrogens (primary N) is 1. The minimum atomic E-state index is 0.336. The maximum absolute atomic E-state index is 6.00. The van der Waals surface area contributed by atoms with Crippen molar-refractivity contribution >= 4 is 0 Å². The molecule has 1 heterocycles. The summed E-state index contributed by atoms with van der Waals surface area (Å²) in [6, 6.07) is 8.62. The van der Waals surface area contributed by atoms with Gasteiger partial charge in [-0.15, -0.1) is 0 Å². The van der Waals surface area contributed by atoms with Gasteiger partial charge in [0.05, 0.1) is 6.61 Å². The van der Waals surface area contributed by atoms with Gasteiger partial charge in [-0.1, -0.05) is 18.2 Å². The van der Waals surface area contributed by atoms with Crippen LogP contribution < -0.4 is 10.5 Å². The number of para-hydroxylation sites is 1. The van der Waals surface area contributed by atoms with Crippen LogP contribution in [0.1, 0.15) is 25.3 Å². The van der Waals surface area contributed by atoms with E-state index < -0.39 is 0 Å². The summed E-state index contributed by atoms with van der Waals surface area (Å²) in [5, 5.41) is 0. The lowest BCUT2D eigenvalue weighted by Gasteiger charge is -2.31. The van der Waals surface area contributed by atoms with Gasteiger partial charge < -0.3 is 10.5 Å². The van der Waals surface area contributed by atoms with Gasteiger partial charge >= 0.3 is 0 Å². The first kappa shape index (κ1) is 12.4. The summed E-state index contributed by atoms with van der Waals surface area (Å²) < 4.78 is 5.65. The number of ether oxygens (including phenoxy) is 1. The van der Waals surface area contributed by atoms with Crippen LogP contribution in [-0.4, -0.2) is 30.6 Å². The molecule has 0 aromatic heterocycles. The Bertz CT molecular complexity index is 354. The van der Waals surface area contributed by atoms with Crippen LogP contribution >= 0.6 is 0 Å². The summed E-state index contributed by atoms with van der Waals surface area (Å²) in [6.07, 6.45) is 2.36. The molecule has 1 aliphatic rings. The van der Waals surface area contributed by atoms with Crippen molar-refractivity contribution < 1.29 is 4.74 Å². The number of nitrogens with zero attached hydrogens (tertiary/aromatic N) is 1. The Labute approximate surface area is 104 Å². The number of piperidine rings is 1. The van der Waals surface area contributed by atoms with Gasteiger partial charge in [-0.05, 0) is 32.4 Å². The van der Waals surface area contributed by atoms with E-state index in [4.69, 9.17) is 10.5 Å². The van der Waals surface area contributed by atoms with Crippen molar-refractivity contribution in [1.29, 1.82) is 0 Å². The van der Waals surface area contributed by atoms with Gasteiger partial charge in [-0.3, -0.25) is 4.90 Å². The lowest BCUT2D eigenvalue weighted by atomic mass is 10.1. The molecule has 1 fully saturated rings. The molecule has 1 atom stereocenters. The zero-order valence-electron chi connectivity index (χ0n) is 10.6. The molecule has 1 aromatic rings. The molecule has 0 spiro atoms. The summed E-state index contributed by atoms with van der Waals surface area (Å²) >= 11 is 0. The summed E-state index contributed by atoms with van der Waals surface area (Å²) in [5.74, 6) is 1.01. The third kappa shape index (κ3) is 3.45. The quantitative estimate of drug-likeness (QED) is 0.866. The molecule has 0 aliphatic carbocycles. The van der Waals surface area contributed by atoms with E-state index in [-0.39, 0.29) is 0 Å². The minimum Gasteiger partial charge on any atom is -0.494 e. The largest absolute Gasteiger partial charge is 0.494 e. The summed E-state index contributed by atoms with van der Waals surface area (Å²) in [6.45, 7) is 5.84. The van der Waals surface area contributed by atoms with Crippen LogP contribution in [0.5, 0.6) is 5.75 Å². The maximum Gasteiger partial charge on any atom is 0.123 e. The molecule has 0 saturated carbocycles.